The summed E-state index contributed by atoms with van der Waals surface area (Å²) in [5.74, 6) is -0.0566. The van der Waals surface area contributed by atoms with Crippen LogP contribution in [0.5, 0.6) is 5.75 Å². The lowest BCUT2D eigenvalue weighted by Crippen LogP contribution is -2.39. The molecule has 2 N–H and O–H groups in total. The molecule has 0 fully saturated rings. The van der Waals surface area contributed by atoms with Gasteiger partial charge in [0.1, 0.15) is 5.75 Å². The van der Waals surface area contributed by atoms with Crippen molar-refractivity contribution < 1.29 is 14.3 Å². The second-order valence-corrected chi connectivity index (χ2v) is 4.11. The SMILES string of the molecule is COc1ccccc1C(=O)NCC(=O)NC(C)C. The topological polar surface area (TPSA) is 67.4 Å². The van der Waals surface area contributed by atoms with E-state index in [1.165, 1.54) is 7.11 Å². The largest absolute Gasteiger partial charge is 0.496 e. The lowest BCUT2D eigenvalue weighted by molar-refractivity contribution is -0.120. The van der Waals surface area contributed by atoms with E-state index in [2.05, 4.69) is 10.6 Å². The van der Waals surface area contributed by atoms with Crippen molar-refractivity contribution in [1.82, 2.24) is 10.6 Å². The van der Waals surface area contributed by atoms with Gasteiger partial charge in [-0.25, -0.2) is 0 Å². The molecule has 1 rings (SSSR count). The molecule has 0 spiro atoms. The molecule has 0 atom stereocenters. The van der Waals surface area contributed by atoms with Gasteiger partial charge in [-0.05, 0) is 26.0 Å². The Morgan fingerprint density at radius 3 is 2.56 bits per heavy atom. The van der Waals surface area contributed by atoms with Gasteiger partial charge < -0.3 is 15.4 Å². The molecule has 0 aromatic heterocycles. The van der Waals surface area contributed by atoms with Crippen molar-refractivity contribution in [3.05, 3.63) is 29.8 Å². The van der Waals surface area contributed by atoms with Crippen molar-refractivity contribution in [1.29, 1.82) is 0 Å². The number of ether oxygens (including phenoxy) is 1. The van der Waals surface area contributed by atoms with Gasteiger partial charge in [0.25, 0.3) is 5.91 Å². The zero-order valence-electron chi connectivity index (χ0n) is 10.8. The molecule has 0 saturated carbocycles. The molecule has 5 heteroatoms. The van der Waals surface area contributed by atoms with Gasteiger partial charge in [0, 0.05) is 6.04 Å². The van der Waals surface area contributed by atoms with Crippen LogP contribution >= 0.6 is 0 Å². The van der Waals surface area contributed by atoms with Crippen LogP contribution in [-0.4, -0.2) is 31.5 Å². The van der Waals surface area contributed by atoms with Crippen molar-refractivity contribution in [2.24, 2.45) is 0 Å². The van der Waals surface area contributed by atoms with E-state index >= 15 is 0 Å². The van der Waals surface area contributed by atoms with Crippen LogP contribution in [0.15, 0.2) is 24.3 Å². The van der Waals surface area contributed by atoms with Gasteiger partial charge >= 0.3 is 0 Å². The minimum atomic E-state index is -0.327. The van der Waals surface area contributed by atoms with Crippen LogP contribution in [0.2, 0.25) is 0 Å². The first kappa shape index (κ1) is 14.0. The molecule has 0 unspecified atom stereocenters. The highest BCUT2D eigenvalue weighted by Gasteiger charge is 2.12. The highest BCUT2D eigenvalue weighted by molar-refractivity contribution is 5.98. The molecule has 0 bridgehead atoms. The van der Waals surface area contributed by atoms with E-state index in [9.17, 15) is 9.59 Å². The molecule has 0 aliphatic rings. The summed E-state index contributed by atoms with van der Waals surface area (Å²) in [5.41, 5.74) is 0.414. The van der Waals surface area contributed by atoms with Gasteiger partial charge in [-0.1, -0.05) is 12.1 Å². The smallest absolute Gasteiger partial charge is 0.255 e. The molecule has 0 saturated heterocycles. The van der Waals surface area contributed by atoms with E-state index in [1.54, 1.807) is 24.3 Å². The molecule has 5 nitrogen and oxygen atoms in total. The van der Waals surface area contributed by atoms with E-state index in [1.807, 2.05) is 13.8 Å². The van der Waals surface area contributed by atoms with Crippen molar-refractivity contribution in [2.75, 3.05) is 13.7 Å². The predicted octanol–water partition coefficient (Wildman–Crippen LogP) is 0.950. The number of rotatable bonds is 5. The van der Waals surface area contributed by atoms with Crippen LogP contribution in [-0.2, 0) is 4.79 Å². The lowest BCUT2D eigenvalue weighted by Gasteiger charge is -2.10. The van der Waals surface area contributed by atoms with E-state index in [-0.39, 0.29) is 24.4 Å². The third-order valence-electron chi connectivity index (χ3n) is 2.21. The van der Waals surface area contributed by atoms with E-state index in [4.69, 9.17) is 4.74 Å². The molecule has 1 aromatic rings. The summed E-state index contributed by atoms with van der Waals surface area (Å²) in [7, 11) is 1.50. The van der Waals surface area contributed by atoms with Crippen molar-refractivity contribution in [3.8, 4) is 5.75 Å². The van der Waals surface area contributed by atoms with Gasteiger partial charge in [-0.15, -0.1) is 0 Å². The molecule has 0 aliphatic carbocycles. The first-order valence-electron chi connectivity index (χ1n) is 5.75. The minimum Gasteiger partial charge on any atom is -0.496 e. The summed E-state index contributed by atoms with van der Waals surface area (Å²) in [5, 5.41) is 5.24. The molecular weight excluding hydrogens is 232 g/mol. The van der Waals surface area contributed by atoms with Crippen LogP contribution in [0.25, 0.3) is 0 Å². The summed E-state index contributed by atoms with van der Waals surface area (Å²) in [6.45, 7) is 3.68. The quantitative estimate of drug-likeness (QED) is 0.817. The monoisotopic (exact) mass is 250 g/mol. The van der Waals surface area contributed by atoms with Crippen LogP contribution in [0.4, 0.5) is 0 Å². The molecule has 1 aromatic carbocycles. The fraction of sp³-hybridized carbons (Fsp3) is 0.385. The number of hydrogen-bond donors (Lipinski definition) is 2. The summed E-state index contributed by atoms with van der Waals surface area (Å²) in [6.07, 6.45) is 0. The first-order valence-corrected chi connectivity index (χ1v) is 5.75. The van der Waals surface area contributed by atoms with Crippen molar-refractivity contribution in [2.45, 2.75) is 19.9 Å². The second-order valence-electron chi connectivity index (χ2n) is 4.11. The Kier molecular flexibility index (Phi) is 5.17. The maximum atomic E-state index is 11.8. The molecule has 0 heterocycles. The van der Waals surface area contributed by atoms with Gasteiger partial charge in [-0.3, -0.25) is 9.59 Å². The van der Waals surface area contributed by atoms with Gasteiger partial charge in [-0.2, -0.15) is 0 Å². The maximum Gasteiger partial charge on any atom is 0.255 e. The Morgan fingerprint density at radius 2 is 1.94 bits per heavy atom. The van der Waals surface area contributed by atoms with Crippen LogP contribution in [0.3, 0.4) is 0 Å². The van der Waals surface area contributed by atoms with Crippen molar-refractivity contribution in [3.63, 3.8) is 0 Å². The van der Waals surface area contributed by atoms with Crippen LogP contribution < -0.4 is 15.4 Å². The third-order valence-corrected chi connectivity index (χ3v) is 2.21. The zero-order valence-corrected chi connectivity index (χ0v) is 10.8. The van der Waals surface area contributed by atoms with Gasteiger partial charge in [0.2, 0.25) is 5.91 Å². The Labute approximate surface area is 107 Å². The second kappa shape index (κ2) is 6.64. The Hall–Kier alpha value is -2.04. The Bertz CT molecular complexity index is 430. The summed E-state index contributed by atoms with van der Waals surface area (Å²) >= 11 is 0. The highest BCUT2D eigenvalue weighted by atomic mass is 16.5. The Morgan fingerprint density at radius 1 is 1.28 bits per heavy atom. The fourth-order valence-corrected chi connectivity index (χ4v) is 1.46. The molecule has 0 radical (unpaired) electrons. The van der Waals surface area contributed by atoms with Gasteiger partial charge in [0.05, 0.1) is 19.2 Å². The predicted molar refractivity (Wildman–Crippen MR) is 68.6 cm³/mol. The fourth-order valence-electron chi connectivity index (χ4n) is 1.46. The summed E-state index contributed by atoms with van der Waals surface area (Å²) < 4.78 is 5.08. The number of benzene rings is 1. The number of methoxy groups -OCH3 is 1. The average Bonchev–Trinajstić information content (AvgIpc) is 2.35. The van der Waals surface area contributed by atoms with E-state index < -0.39 is 0 Å². The molecule has 0 aliphatic heterocycles. The number of para-hydroxylation sites is 1. The number of carbonyl (C=O) groups excluding carboxylic acids is 2. The summed E-state index contributed by atoms with van der Waals surface area (Å²) in [6, 6.07) is 6.92. The molecule has 18 heavy (non-hydrogen) atoms. The van der Waals surface area contributed by atoms with Gasteiger partial charge in [0.15, 0.2) is 0 Å². The molecule has 98 valence electrons. The first-order chi connectivity index (χ1) is 8.54. The highest BCUT2D eigenvalue weighted by Crippen LogP contribution is 2.16. The maximum absolute atomic E-state index is 11.8. The zero-order chi connectivity index (χ0) is 13.5. The molecule has 2 amide bonds. The minimum absolute atomic E-state index is 0.0466. The van der Waals surface area contributed by atoms with Crippen molar-refractivity contribution >= 4 is 11.8 Å². The average molecular weight is 250 g/mol. The van der Waals surface area contributed by atoms with Crippen LogP contribution in [0.1, 0.15) is 24.2 Å². The lowest BCUT2D eigenvalue weighted by atomic mass is 10.2. The van der Waals surface area contributed by atoms with E-state index in [0.717, 1.165) is 0 Å². The number of carbonyl (C=O) groups is 2. The third kappa shape index (κ3) is 4.08. The normalized spacial score (nSPS) is 10.0. The van der Waals surface area contributed by atoms with E-state index in [0.29, 0.717) is 11.3 Å². The standard InChI is InChI=1S/C13H18N2O3/c1-9(2)15-12(16)8-14-13(17)10-6-4-5-7-11(10)18-3/h4-7,9H,8H2,1-3H3,(H,14,17)(H,15,16). The number of nitrogens with one attached hydrogen (secondary N) is 2. The summed E-state index contributed by atoms with van der Waals surface area (Å²) in [4.78, 5) is 23.2. The Balaban J connectivity index is 2.58. The molecular formula is C13H18N2O3. The number of hydrogen-bond acceptors (Lipinski definition) is 3. The number of amides is 2. The van der Waals surface area contributed by atoms with Crippen LogP contribution in [0, 0.1) is 0 Å².